The number of nitrogens with one attached hydrogen (secondary N) is 1. The quantitative estimate of drug-likeness (QED) is 0.450. The lowest BCUT2D eigenvalue weighted by atomic mass is 10.1. The summed E-state index contributed by atoms with van der Waals surface area (Å²) in [4.78, 5) is 10.7. The number of allylic oxidation sites excluding steroid dienone is 1. The average molecular weight is 278 g/mol. The fourth-order valence-electron chi connectivity index (χ4n) is 1.68. The first kappa shape index (κ1) is 16.2. The van der Waals surface area contributed by atoms with Crippen molar-refractivity contribution in [2.45, 2.75) is 27.3 Å². The van der Waals surface area contributed by atoms with Gasteiger partial charge >= 0.3 is 5.69 Å². The molecule has 1 aromatic carbocycles. The second kappa shape index (κ2) is 8.32. The number of rotatable bonds is 8. The summed E-state index contributed by atoms with van der Waals surface area (Å²) in [7, 11) is 0. The molecule has 0 amide bonds. The number of hydrogen-bond donors (Lipinski definition) is 1. The predicted molar refractivity (Wildman–Crippen MR) is 80.0 cm³/mol. The molecular formula is C15H22N2O3. The third-order valence-electron chi connectivity index (χ3n) is 2.67. The van der Waals surface area contributed by atoms with Gasteiger partial charge in [0.25, 0.3) is 0 Å². The van der Waals surface area contributed by atoms with Crippen molar-refractivity contribution in [3.63, 3.8) is 0 Å². The SMILES string of the molecule is CC=CCOc1ccc(CNCC(C)C)cc1[N+](=O)[O-]. The van der Waals surface area contributed by atoms with Crippen LogP contribution in [0.5, 0.6) is 5.75 Å². The summed E-state index contributed by atoms with van der Waals surface area (Å²) in [5.74, 6) is 0.856. The fourth-order valence-corrected chi connectivity index (χ4v) is 1.68. The van der Waals surface area contributed by atoms with Gasteiger partial charge in [0.15, 0.2) is 5.75 Å². The molecular weight excluding hydrogens is 256 g/mol. The fraction of sp³-hybridized carbons (Fsp3) is 0.467. The molecule has 0 aliphatic carbocycles. The van der Waals surface area contributed by atoms with Crippen LogP contribution in [0.3, 0.4) is 0 Å². The molecule has 5 heteroatoms. The number of nitrogens with zero attached hydrogens (tertiary/aromatic N) is 1. The Hall–Kier alpha value is -1.88. The summed E-state index contributed by atoms with van der Waals surface area (Å²) in [5.41, 5.74) is 0.897. The monoisotopic (exact) mass is 278 g/mol. The van der Waals surface area contributed by atoms with Gasteiger partial charge in [-0.2, -0.15) is 0 Å². The highest BCUT2D eigenvalue weighted by atomic mass is 16.6. The highest BCUT2D eigenvalue weighted by Crippen LogP contribution is 2.28. The van der Waals surface area contributed by atoms with Crippen molar-refractivity contribution in [3.8, 4) is 5.75 Å². The first-order chi connectivity index (χ1) is 9.54. The molecule has 0 heterocycles. The maximum absolute atomic E-state index is 11.1. The zero-order valence-electron chi connectivity index (χ0n) is 12.3. The highest BCUT2D eigenvalue weighted by Gasteiger charge is 2.15. The largest absolute Gasteiger partial charge is 0.483 e. The van der Waals surface area contributed by atoms with E-state index >= 15 is 0 Å². The van der Waals surface area contributed by atoms with E-state index in [4.69, 9.17) is 4.74 Å². The van der Waals surface area contributed by atoms with Gasteiger partial charge in [-0.3, -0.25) is 10.1 Å². The van der Waals surface area contributed by atoms with Crippen LogP contribution in [0.2, 0.25) is 0 Å². The summed E-state index contributed by atoms with van der Waals surface area (Å²) in [6.07, 6.45) is 3.65. The van der Waals surface area contributed by atoms with Crippen LogP contribution in [0.1, 0.15) is 26.3 Å². The second-order valence-electron chi connectivity index (χ2n) is 4.96. The minimum Gasteiger partial charge on any atom is -0.483 e. The van der Waals surface area contributed by atoms with Gasteiger partial charge in [-0.1, -0.05) is 32.1 Å². The summed E-state index contributed by atoms with van der Waals surface area (Å²) >= 11 is 0. The van der Waals surface area contributed by atoms with Crippen molar-refractivity contribution < 1.29 is 9.66 Å². The van der Waals surface area contributed by atoms with Crippen LogP contribution in [0.4, 0.5) is 5.69 Å². The van der Waals surface area contributed by atoms with Gasteiger partial charge in [0.2, 0.25) is 0 Å². The molecule has 1 aromatic rings. The van der Waals surface area contributed by atoms with E-state index in [-0.39, 0.29) is 5.69 Å². The molecule has 0 radical (unpaired) electrons. The van der Waals surface area contributed by atoms with Crippen molar-refractivity contribution in [2.75, 3.05) is 13.2 Å². The molecule has 0 atom stereocenters. The van der Waals surface area contributed by atoms with Gasteiger partial charge < -0.3 is 10.1 Å². The maximum Gasteiger partial charge on any atom is 0.311 e. The zero-order valence-corrected chi connectivity index (χ0v) is 12.3. The molecule has 0 saturated heterocycles. The van der Waals surface area contributed by atoms with Crippen LogP contribution in [0.15, 0.2) is 30.4 Å². The smallest absolute Gasteiger partial charge is 0.311 e. The number of nitro groups is 1. The predicted octanol–water partition coefficient (Wildman–Crippen LogP) is 3.30. The Morgan fingerprint density at radius 2 is 2.20 bits per heavy atom. The number of nitro benzene ring substituents is 1. The molecule has 0 fully saturated rings. The highest BCUT2D eigenvalue weighted by molar-refractivity contribution is 5.48. The summed E-state index contributed by atoms with van der Waals surface area (Å²) < 4.78 is 5.39. The molecule has 5 nitrogen and oxygen atoms in total. The van der Waals surface area contributed by atoms with Crippen molar-refractivity contribution in [1.29, 1.82) is 0 Å². The van der Waals surface area contributed by atoms with Gasteiger partial charge in [0.1, 0.15) is 6.61 Å². The lowest BCUT2D eigenvalue weighted by Gasteiger charge is -2.09. The van der Waals surface area contributed by atoms with E-state index in [1.54, 1.807) is 12.1 Å². The molecule has 1 N–H and O–H groups in total. The average Bonchev–Trinajstić information content (AvgIpc) is 2.39. The molecule has 0 bridgehead atoms. The first-order valence-corrected chi connectivity index (χ1v) is 6.76. The first-order valence-electron chi connectivity index (χ1n) is 6.76. The Morgan fingerprint density at radius 1 is 1.45 bits per heavy atom. The molecule has 0 aliphatic rings. The zero-order chi connectivity index (χ0) is 15.0. The number of hydrogen-bond acceptors (Lipinski definition) is 4. The van der Waals surface area contributed by atoms with Crippen molar-refractivity contribution in [3.05, 3.63) is 46.0 Å². The maximum atomic E-state index is 11.1. The topological polar surface area (TPSA) is 64.4 Å². The van der Waals surface area contributed by atoms with Gasteiger partial charge in [-0.05, 0) is 31.0 Å². The standard InChI is InChI=1S/C15H22N2O3/c1-4-5-8-20-15-7-6-13(9-14(15)17(18)19)11-16-10-12(2)3/h4-7,9,12,16H,8,10-11H2,1-3H3. The lowest BCUT2D eigenvalue weighted by molar-refractivity contribution is -0.385. The molecule has 0 saturated carbocycles. The number of ether oxygens (including phenoxy) is 1. The molecule has 0 aliphatic heterocycles. The molecule has 110 valence electrons. The van der Waals surface area contributed by atoms with Crippen LogP contribution in [-0.4, -0.2) is 18.1 Å². The van der Waals surface area contributed by atoms with Crippen LogP contribution in [-0.2, 0) is 6.54 Å². The van der Waals surface area contributed by atoms with Gasteiger partial charge in [-0.25, -0.2) is 0 Å². The third-order valence-corrected chi connectivity index (χ3v) is 2.67. The van der Waals surface area contributed by atoms with Crippen molar-refractivity contribution in [2.24, 2.45) is 5.92 Å². The molecule has 0 spiro atoms. The normalized spacial score (nSPS) is 11.2. The van der Waals surface area contributed by atoms with E-state index in [0.29, 0.717) is 24.8 Å². The second-order valence-corrected chi connectivity index (χ2v) is 4.96. The van der Waals surface area contributed by atoms with E-state index in [1.807, 2.05) is 25.1 Å². The molecule has 1 rings (SSSR count). The van der Waals surface area contributed by atoms with Crippen LogP contribution in [0, 0.1) is 16.0 Å². The Morgan fingerprint density at radius 3 is 2.80 bits per heavy atom. The van der Waals surface area contributed by atoms with Gasteiger partial charge in [0, 0.05) is 12.6 Å². The van der Waals surface area contributed by atoms with E-state index < -0.39 is 4.92 Å². The minimum atomic E-state index is -0.406. The Balaban J connectivity index is 2.75. The van der Waals surface area contributed by atoms with E-state index in [0.717, 1.165) is 12.1 Å². The molecule has 0 unspecified atom stereocenters. The van der Waals surface area contributed by atoms with E-state index in [9.17, 15) is 10.1 Å². The molecule has 20 heavy (non-hydrogen) atoms. The molecule has 0 aromatic heterocycles. The van der Waals surface area contributed by atoms with Gasteiger partial charge in [0.05, 0.1) is 4.92 Å². The van der Waals surface area contributed by atoms with E-state index in [2.05, 4.69) is 19.2 Å². The van der Waals surface area contributed by atoms with Crippen LogP contribution in [0.25, 0.3) is 0 Å². The number of benzene rings is 1. The van der Waals surface area contributed by atoms with Crippen molar-refractivity contribution >= 4 is 5.69 Å². The lowest BCUT2D eigenvalue weighted by Crippen LogP contribution is -2.19. The Labute approximate surface area is 119 Å². The minimum absolute atomic E-state index is 0.0124. The summed E-state index contributed by atoms with van der Waals surface area (Å²) in [5, 5.41) is 14.3. The van der Waals surface area contributed by atoms with Crippen LogP contribution < -0.4 is 10.1 Å². The third kappa shape index (κ3) is 5.40. The van der Waals surface area contributed by atoms with Crippen LogP contribution >= 0.6 is 0 Å². The Kier molecular flexibility index (Phi) is 6.73. The van der Waals surface area contributed by atoms with Crippen molar-refractivity contribution in [1.82, 2.24) is 5.32 Å². The summed E-state index contributed by atoms with van der Waals surface area (Å²) in [6, 6.07) is 5.08. The van der Waals surface area contributed by atoms with E-state index in [1.165, 1.54) is 0 Å². The summed E-state index contributed by atoms with van der Waals surface area (Å²) in [6.45, 7) is 7.95. The van der Waals surface area contributed by atoms with Gasteiger partial charge in [-0.15, -0.1) is 0 Å². The Bertz CT molecular complexity index is 470.